The Bertz CT molecular complexity index is 420. The van der Waals surface area contributed by atoms with E-state index in [1.807, 2.05) is 6.26 Å². The monoisotopic (exact) mass is 308 g/mol. The van der Waals surface area contributed by atoms with Gasteiger partial charge in [0, 0.05) is 18.7 Å². The first-order valence-electron chi connectivity index (χ1n) is 5.32. The number of thioether (sulfide) groups is 1. The number of nitrogens with zero attached hydrogens (tertiary/aromatic N) is 1. The van der Waals surface area contributed by atoms with Crippen LogP contribution in [0.3, 0.4) is 0 Å². The molecule has 0 fully saturated rings. The molecule has 0 aliphatic carbocycles. The Kier molecular flexibility index (Phi) is 6.05. The molecular weight excluding hydrogens is 295 g/mol. The van der Waals surface area contributed by atoms with Gasteiger partial charge >= 0.3 is 0 Å². The van der Waals surface area contributed by atoms with Gasteiger partial charge in [0.15, 0.2) is 0 Å². The number of rotatable bonds is 6. The molecule has 0 amide bonds. The average Bonchev–Trinajstić information content (AvgIpc) is 2.27. The van der Waals surface area contributed by atoms with Gasteiger partial charge in [-0.2, -0.15) is 11.8 Å². The maximum atomic E-state index is 10.6. The van der Waals surface area contributed by atoms with Crippen LogP contribution in [0.2, 0.25) is 10.0 Å². The first-order chi connectivity index (χ1) is 8.45. The molecule has 1 unspecified atom stereocenters. The number of benzene rings is 1. The van der Waals surface area contributed by atoms with Crippen LogP contribution >= 0.6 is 35.0 Å². The zero-order valence-corrected chi connectivity index (χ0v) is 12.4. The van der Waals surface area contributed by atoms with E-state index in [-0.39, 0.29) is 15.7 Å². The van der Waals surface area contributed by atoms with Gasteiger partial charge in [0.2, 0.25) is 0 Å². The topological polar surface area (TPSA) is 55.2 Å². The van der Waals surface area contributed by atoms with Crippen LogP contribution in [0.5, 0.6) is 0 Å². The van der Waals surface area contributed by atoms with Crippen molar-refractivity contribution in [1.29, 1.82) is 0 Å². The molecule has 0 saturated carbocycles. The molecule has 4 nitrogen and oxygen atoms in total. The molecule has 100 valence electrons. The molecule has 0 radical (unpaired) electrons. The zero-order chi connectivity index (χ0) is 13.7. The quantitative estimate of drug-likeness (QED) is 0.628. The van der Waals surface area contributed by atoms with Crippen LogP contribution in [0.15, 0.2) is 12.1 Å². The summed E-state index contributed by atoms with van der Waals surface area (Å²) in [7, 11) is 0. The van der Waals surface area contributed by atoms with Gasteiger partial charge in [-0.05, 0) is 17.9 Å². The molecule has 0 saturated heterocycles. The highest BCUT2D eigenvalue weighted by atomic mass is 35.5. The van der Waals surface area contributed by atoms with Gasteiger partial charge in [0.05, 0.1) is 20.7 Å². The van der Waals surface area contributed by atoms with Crippen molar-refractivity contribution in [2.45, 2.75) is 6.92 Å². The van der Waals surface area contributed by atoms with Crippen molar-refractivity contribution in [1.82, 2.24) is 0 Å². The molecular formula is C11H14Cl2N2O2S. The maximum absolute atomic E-state index is 10.6. The highest BCUT2D eigenvalue weighted by Crippen LogP contribution is 2.34. The Labute approximate surface area is 120 Å². The fourth-order valence-corrected chi connectivity index (χ4v) is 2.75. The van der Waals surface area contributed by atoms with Crippen molar-refractivity contribution in [3.05, 3.63) is 32.3 Å². The van der Waals surface area contributed by atoms with Crippen LogP contribution in [0.1, 0.15) is 6.92 Å². The normalized spacial score (nSPS) is 12.2. The van der Waals surface area contributed by atoms with Gasteiger partial charge in [-0.15, -0.1) is 0 Å². The van der Waals surface area contributed by atoms with E-state index in [9.17, 15) is 10.1 Å². The molecule has 0 spiro atoms. The van der Waals surface area contributed by atoms with Crippen LogP contribution in [0, 0.1) is 16.0 Å². The van der Waals surface area contributed by atoms with Crippen LogP contribution in [0.4, 0.5) is 11.4 Å². The minimum Gasteiger partial charge on any atom is -0.382 e. The van der Waals surface area contributed by atoms with Gasteiger partial charge in [0.1, 0.15) is 0 Å². The number of nitro groups is 1. The van der Waals surface area contributed by atoms with Crippen molar-refractivity contribution in [2.24, 2.45) is 5.92 Å². The predicted octanol–water partition coefficient (Wildman–Crippen LogP) is 4.31. The van der Waals surface area contributed by atoms with Gasteiger partial charge in [-0.1, -0.05) is 30.1 Å². The highest BCUT2D eigenvalue weighted by molar-refractivity contribution is 7.98. The van der Waals surface area contributed by atoms with Gasteiger partial charge in [0.25, 0.3) is 5.69 Å². The Morgan fingerprint density at radius 1 is 1.44 bits per heavy atom. The summed E-state index contributed by atoms with van der Waals surface area (Å²) in [5, 5.41) is 14.3. The van der Waals surface area contributed by atoms with Crippen LogP contribution in [-0.2, 0) is 0 Å². The number of non-ortho nitro benzene ring substituents is 1. The summed E-state index contributed by atoms with van der Waals surface area (Å²) >= 11 is 13.7. The van der Waals surface area contributed by atoms with E-state index in [0.717, 1.165) is 12.3 Å². The van der Waals surface area contributed by atoms with Gasteiger partial charge in [-0.3, -0.25) is 10.1 Å². The molecule has 18 heavy (non-hydrogen) atoms. The summed E-state index contributed by atoms with van der Waals surface area (Å²) in [5.41, 5.74) is 0.449. The second kappa shape index (κ2) is 7.07. The molecule has 0 bridgehead atoms. The molecule has 1 rings (SSSR count). The third-order valence-electron chi connectivity index (χ3n) is 2.32. The molecule has 1 aromatic carbocycles. The van der Waals surface area contributed by atoms with Crippen LogP contribution in [0.25, 0.3) is 0 Å². The number of nitrogens with one attached hydrogen (secondary N) is 1. The van der Waals surface area contributed by atoms with E-state index in [4.69, 9.17) is 23.2 Å². The van der Waals surface area contributed by atoms with Crippen molar-refractivity contribution in [2.75, 3.05) is 23.9 Å². The highest BCUT2D eigenvalue weighted by Gasteiger charge is 2.14. The molecule has 1 N–H and O–H groups in total. The first-order valence-corrected chi connectivity index (χ1v) is 7.47. The van der Waals surface area contributed by atoms with Crippen molar-refractivity contribution in [3.63, 3.8) is 0 Å². The lowest BCUT2D eigenvalue weighted by Crippen LogP contribution is -2.13. The summed E-state index contributed by atoms with van der Waals surface area (Å²) in [5.74, 6) is 1.48. The second-order valence-corrected chi connectivity index (χ2v) is 5.71. The number of hydrogen-bond donors (Lipinski definition) is 1. The smallest absolute Gasteiger partial charge is 0.272 e. The SMILES string of the molecule is CSCC(C)CNc1c(Cl)cc([N+](=O)[O-])cc1Cl. The number of nitro benzene ring substituents is 1. The minimum absolute atomic E-state index is 0.104. The fourth-order valence-electron chi connectivity index (χ4n) is 1.45. The zero-order valence-electron chi connectivity index (χ0n) is 10.1. The Hall–Kier alpha value is -0.650. The third-order valence-corrected chi connectivity index (χ3v) is 3.81. The van der Waals surface area contributed by atoms with E-state index >= 15 is 0 Å². The van der Waals surface area contributed by atoms with E-state index in [2.05, 4.69) is 12.2 Å². The van der Waals surface area contributed by atoms with Crippen molar-refractivity contribution < 1.29 is 4.92 Å². The summed E-state index contributed by atoms with van der Waals surface area (Å²) in [6.45, 7) is 2.83. The first kappa shape index (κ1) is 15.4. The largest absolute Gasteiger partial charge is 0.382 e. The van der Waals surface area contributed by atoms with E-state index in [1.54, 1.807) is 11.8 Å². The number of hydrogen-bond acceptors (Lipinski definition) is 4. The summed E-state index contributed by atoms with van der Waals surface area (Å²) in [4.78, 5) is 10.1. The lowest BCUT2D eigenvalue weighted by Gasteiger charge is -2.14. The molecule has 0 aromatic heterocycles. The molecule has 0 aliphatic heterocycles. The van der Waals surface area contributed by atoms with Gasteiger partial charge < -0.3 is 5.32 Å². The maximum Gasteiger partial charge on any atom is 0.272 e. The molecule has 0 aliphatic rings. The Morgan fingerprint density at radius 3 is 2.44 bits per heavy atom. The van der Waals surface area contributed by atoms with Crippen LogP contribution in [-0.4, -0.2) is 23.5 Å². The van der Waals surface area contributed by atoms with Crippen molar-refractivity contribution >= 4 is 46.3 Å². The summed E-state index contributed by atoms with van der Waals surface area (Å²) in [6, 6.07) is 2.60. The molecule has 1 atom stereocenters. The van der Waals surface area contributed by atoms with Gasteiger partial charge in [-0.25, -0.2) is 0 Å². The minimum atomic E-state index is -0.516. The average molecular weight is 309 g/mol. The third kappa shape index (κ3) is 4.23. The second-order valence-electron chi connectivity index (χ2n) is 3.98. The summed E-state index contributed by atoms with van der Waals surface area (Å²) < 4.78 is 0. The lowest BCUT2D eigenvalue weighted by molar-refractivity contribution is -0.384. The predicted molar refractivity (Wildman–Crippen MR) is 79.2 cm³/mol. The van der Waals surface area contributed by atoms with E-state index in [1.165, 1.54) is 12.1 Å². The summed E-state index contributed by atoms with van der Waals surface area (Å²) in [6.07, 6.45) is 2.04. The number of halogens is 2. The van der Waals surface area contributed by atoms with E-state index < -0.39 is 4.92 Å². The standard InChI is InChI=1S/C11H14Cl2N2O2S/c1-7(6-18-2)5-14-11-9(12)3-8(15(16)17)4-10(11)13/h3-4,7,14H,5-6H2,1-2H3. The molecule has 7 heteroatoms. The number of anilines is 1. The Morgan fingerprint density at radius 2 is 2.00 bits per heavy atom. The van der Waals surface area contributed by atoms with Crippen molar-refractivity contribution in [3.8, 4) is 0 Å². The Balaban J connectivity index is 2.81. The van der Waals surface area contributed by atoms with E-state index in [0.29, 0.717) is 11.6 Å². The lowest BCUT2D eigenvalue weighted by atomic mass is 10.2. The van der Waals surface area contributed by atoms with Crippen LogP contribution < -0.4 is 5.32 Å². The molecule has 1 aromatic rings. The molecule has 0 heterocycles. The fraction of sp³-hybridized carbons (Fsp3) is 0.455.